The summed E-state index contributed by atoms with van der Waals surface area (Å²) in [7, 11) is 0. The van der Waals surface area contributed by atoms with Crippen molar-refractivity contribution in [2.75, 3.05) is 0 Å². The van der Waals surface area contributed by atoms with E-state index in [0.717, 1.165) is 0 Å². The molecule has 0 aliphatic heterocycles. The Morgan fingerprint density at radius 1 is 0.400 bits per heavy atom. The number of hydrogen-bond donors (Lipinski definition) is 0. The molecule has 162 valence electrons. The summed E-state index contributed by atoms with van der Waals surface area (Å²) in [5.41, 5.74) is 12.3. The van der Waals surface area contributed by atoms with Crippen molar-refractivity contribution in [3.8, 4) is 11.1 Å². The molecular formula is C35H22. The van der Waals surface area contributed by atoms with Crippen LogP contribution in [0.1, 0.15) is 38.9 Å². The normalized spacial score (nSPS) is 22.1. The summed E-state index contributed by atoms with van der Waals surface area (Å²) in [6.07, 6.45) is 0. The van der Waals surface area contributed by atoms with E-state index < -0.39 is 0 Å². The van der Waals surface area contributed by atoms with Gasteiger partial charge in [0.1, 0.15) is 0 Å². The Morgan fingerprint density at radius 2 is 0.886 bits per heavy atom. The molecular weight excluding hydrogens is 420 g/mol. The summed E-state index contributed by atoms with van der Waals surface area (Å²) in [6.45, 7) is 2.32. The molecule has 35 heavy (non-hydrogen) atoms. The summed E-state index contributed by atoms with van der Waals surface area (Å²) < 4.78 is 0. The summed E-state index contributed by atoms with van der Waals surface area (Å²) in [4.78, 5) is 0. The van der Waals surface area contributed by atoms with Crippen molar-refractivity contribution in [3.05, 3.63) is 154 Å². The summed E-state index contributed by atoms with van der Waals surface area (Å²) in [6, 6.07) is 44.0. The molecule has 9 rings (SSSR count). The quantitative estimate of drug-likeness (QED) is 0.222. The van der Waals surface area contributed by atoms with E-state index in [4.69, 9.17) is 0 Å². The number of benzene rings is 6. The molecule has 0 bridgehead atoms. The van der Waals surface area contributed by atoms with Gasteiger partial charge in [-0.3, -0.25) is 0 Å². The van der Waals surface area contributed by atoms with Crippen LogP contribution >= 0.6 is 0 Å². The van der Waals surface area contributed by atoms with Gasteiger partial charge in [0.05, 0.1) is 10.8 Å². The van der Waals surface area contributed by atoms with Crippen LogP contribution in [0.25, 0.3) is 32.7 Å². The minimum absolute atomic E-state index is 0.297. The molecule has 6 aromatic carbocycles. The monoisotopic (exact) mass is 442 g/mol. The van der Waals surface area contributed by atoms with E-state index in [0.29, 0.717) is 0 Å². The van der Waals surface area contributed by atoms with E-state index in [2.05, 4.69) is 122 Å². The van der Waals surface area contributed by atoms with Crippen molar-refractivity contribution in [1.82, 2.24) is 0 Å². The third-order valence-corrected chi connectivity index (χ3v) is 9.26. The molecule has 3 aliphatic rings. The molecule has 0 N–H and O–H groups in total. The molecule has 0 heterocycles. The first-order valence-electron chi connectivity index (χ1n) is 12.5. The molecule has 0 fully saturated rings. The summed E-state index contributed by atoms with van der Waals surface area (Å²) in [5.74, 6) is 0. The van der Waals surface area contributed by atoms with E-state index in [9.17, 15) is 0 Å². The van der Waals surface area contributed by atoms with Crippen LogP contribution in [0, 0.1) is 6.92 Å². The molecule has 0 saturated carbocycles. The van der Waals surface area contributed by atoms with E-state index in [1.54, 1.807) is 0 Å². The second-order valence-electron chi connectivity index (χ2n) is 10.5. The molecule has 2 atom stereocenters. The Morgan fingerprint density at radius 3 is 1.54 bits per heavy atom. The van der Waals surface area contributed by atoms with Crippen LogP contribution in [-0.4, -0.2) is 0 Å². The average molecular weight is 443 g/mol. The van der Waals surface area contributed by atoms with Crippen LogP contribution in [0.3, 0.4) is 0 Å². The molecule has 0 aromatic heterocycles. The average Bonchev–Trinajstić information content (AvgIpc) is 3.35. The van der Waals surface area contributed by atoms with Gasteiger partial charge in [-0.15, -0.1) is 0 Å². The lowest BCUT2D eigenvalue weighted by Crippen LogP contribution is -2.49. The molecule has 2 unspecified atom stereocenters. The van der Waals surface area contributed by atoms with Gasteiger partial charge in [-0.05, 0) is 78.5 Å². The largest absolute Gasteiger partial charge is 0.0650 e. The second-order valence-corrected chi connectivity index (χ2v) is 10.5. The molecule has 0 amide bonds. The van der Waals surface area contributed by atoms with Gasteiger partial charge in [0.2, 0.25) is 0 Å². The van der Waals surface area contributed by atoms with Crippen molar-refractivity contribution in [1.29, 1.82) is 0 Å². The van der Waals surface area contributed by atoms with E-state index in [-0.39, 0.29) is 10.8 Å². The molecule has 0 nitrogen and oxygen atoms in total. The molecule has 0 saturated heterocycles. The molecule has 6 aromatic rings. The lowest BCUT2D eigenvalue weighted by molar-refractivity contribution is 0.459. The van der Waals surface area contributed by atoms with Crippen molar-refractivity contribution < 1.29 is 0 Å². The Balaban J connectivity index is 1.69. The molecule has 0 radical (unpaired) electrons. The van der Waals surface area contributed by atoms with Crippen LogP contribution in [0.5, 0.6) is 0 Å². The number of fused-ring (bicyclic) bond motifs is 3. The Labute approximate surface area is 204 Å². The second kappa shape index (κ2) is 5.73. The highest BCUT2D eigenvalue weighted by molar-refractivity contribution is 6.09. The predicted molar refractivity (Wildman–Crippen MR) is 144 cm³/mol. The smallest absolute Gasteiger partial charge is 0.0619 e. The van der Waals surface area contributed by atoms with Crippen molar-refractivity contribution >= 4 is 21.5 Å². The first kappa shape index (κ1) is 18.2. The van der Waals surface area contributed by atoms with E-state index >= 15 is 0 Å². The highest BCUT2D eigenvalue weighted by atomic mass is 14.7. The number of aryl methyl sites for hydroxylation is 1. The standard InChI is InChI=1S/C35H22/c1-21-19-20-23-11-8-18-30-32(23)33(21)35-27-15-5-3-13-25(27)24-12-2-4-14-26(24)34(30,35)28-16-6-9-22-10-7-17-29(35)31(22)28/h2-20H,1H3. The van der Waals surface area contributed by atoms with Gasteiger partial charge in [-0.2, -0.15) is 0 Å². The fourth-order valence-electron chi connectivity index (χ4n) is 8.38. The maximum Gasteiger partial charge on any atom is 0.0650 e. The van der Waals surface area contributed by atoms with Gasteiger partial charge in [-0.1, -0.05) is 115 Å². The van der Waals surface area contributed by atoms with Gasteiger partial charge in [0.15, 0.2) is 0 Å². The zero-order valence-electron chi connectivity index (χ0n) is 19.5. The van der Waals surface area contributed by atoms with E-state index in [1.165, 1.54) is 71.6 Å². The zero-order valence-corrected chi connectivity index (χ0v) is 19.5. The van der Waals surface area contributed by atoms with Crippen LogP contribution in [0.2, 0.25) is 0 Å². The van der Waals surface area contributed by atoms with Crippen molar-refractivity contribution in [2.24, 2.45) is 0 Å². The third kappa shape index (κ3) is 1.67. The van der Waals surface area contributed by atoms with Gasteiger partial charge < -0.3 is 0 Å². The van der Waals surface area contributed by atoms with Crippen molar-refractivity contribution in [3.63, 3.8) is 0 Å². The van der Waals surface area contributed by atoms with Crippen LogP contribution in [0.15, 0.2) is 115 Å². The maximum absolute atomic E-state index is 2.42. The van der Waals surface area contributed by atoms with Gasteiger partial charge >= 0.3 is 0 Å². The van der Waals surface area contributed by atoms with Gasteiger partial charge in [0, 0.05) is 0 Å². The highest BCUT2D eigenvalue weighted by Crippen LogP contribution is 2.74. The maximum atomic E-state index is 2.42. The lowest BCUT2D eigenvalue weighted by atomic mass is 9.50. The lowest BCUT2D eigenvalue weighted by Gasteiger charge is -2.50. The first-order chi connectivity index (χ1) is 17.3. The fraction of sp³-hybridized carbons (Fsp3) is 0.0857. The molecule has 0 spiro atoms. The minimum Gasteiger partial charge on any atom is -0.0619 e. The van der Waals surface area contributed by atoms with Crippen LogP contribution in [0.4, 0.5) is 0 Å². The third-order valence-electron chi connectivity index (χ3n) is 9.26. The Hall–Kier alpha value is -4.16. The van der Waals surface area contributed by atoms with E-state index in [1.807, 2.05) is 0 Å². The minimum atomic E-state index is -0.297. The van der Waals surface area contributed by atoms with Gasteiger partial charge in [0.25, 0.3) is 0 Å². The first-order valence-corrected chi connectivity index (χ1v) is 12.5. The van der Waals surface area contributed by atoms with Crippen LogP contribution in [-0.2, 0) is 10.8 Å². The molecule has 0 heteroatoms. The Bertz CT molecular complexity index is 1920. The number of rotatable bonds is 0. The van der Waals surface area contributed by atoms with Crippen molar-refractivity contribution in [2.45, 2.75) is 17.8 Å². The Kier molecular flexibility index (Phi) is 2.98. The SMILES string of the molecule is Cc1ccc2cccc3c2c1C12c4ccccc4-c4ccccc4C31c1cccc3cccc2c13. The highest BCUT2D eigenvalue weighted by Gasteiger charge is 2.69. The topological polar surface area (TPSA) is 0 Å². The molecule has 3 aliphatic carbocycles. The number of hydrogen-bond acceptors (Lipinski definition) is 0. The fourth-order valence-corrected chi connectivity index (χ4v) is 8.38. The van der Waals surface area contributed by atoms with Crippen LogP contribution < -0.4 is 0 Å². The summed E-state index contributed by atoms with van der Waals surface area (Å²) in [5, 5.41) is 5.57. The predicted octanol–water partition coefficient (Wildman–Crippen LogP) is 8.28. The summed E-state index contributed by atoms with van der Waals surface area (Å²) >= 11 is 0. The zero-order chi connectivity index (χ0) is 22.9. The van der Waals surface area contributed by atoms with Gasteiger partial charge in [-0.25, -0.2) is 0 Å².